The van der Waals surface area contributed by atoms with E-state index in [0.717, 1.165) is 19.8 Å². The number of allylic oxidation sites excluding steroid dienone is 1. The maximum Gasteiger partial charge on any atom is 0.338 e. The van der Waals surface area contributed by atoms with Crippen molar-refractivity contribution in [3.05, 3.63) is 47.2 Å². The third-order valence-corrected chi connectivity index (χ3v) is 11.8. The molecule has 46 heavy (non-hydrogen) atoms. The van der Waals surface area contributed by atoms with Gasteiger partial charge in [-0.2, -0.15) is 0 Å². The molecule has 11 heteroatoms. The van der Waals surface area contributed by atoms with Crippen molar-refractivity contribution in [2.75, 3.05) is 6.61 Å². The summed E-state index contributed by atoms with van der Waals surface area (Å²) in [5.41, 5.74) is -6.70. The summed E-state index contributed by atoms with van der Waals surface area (Å²) in [4.78, 5) is 55.2. The van der Waals surface area contributed by atoms with Crippen LogP contribution in [0.15, 0.2) is 41.7 Å². The molecule has 0 aromatic heterocycles. The topological polar surface area (TPSA) is 166 Å². The fourth-order valence-electron chi connectivity index (χ4n) is 9.06. The zero-order chi connectivity index (χ0) is 33.4. The number of benzene rings is 1. The lowest BCUT2D eigenvalue weighted by Crippen LogP contribution is -2.81. The molecule has 5 aliphatic rings. The fraction of sp³-hybridized carbons (Fsp3) is 0.657. The number of rotatable bonds is 5. The van der Waals surface area contributed by atoms with Gasteiger partial charge < -0.3 is 34.3 Å². The summed E-state index contributed by atoms with van der Waals surface area (Å²) in [7, 11) is 0. The second-order valence-corrected chi connectivity index (χ2v) is 14.6. The summed E-state index contributed by atoms with van der Waals surface area (Å²) < 4.78 is 24.3. The second kappa shape index (κ2) is 11.2. The zero-order valence-electron chi connectivity index (χ0n) is 27.0. The van der Waals surface area contributed by atoms with E-state index < -0.39 is 82.0 Å². The minimum absolute atomic E-state index is 0.0985. The first-order valence-electron chi connectivity index (χ1n) is 16.3. The van der Waals surface area contributed by atoms with Crippen LogP contribution in [0.25, 0.3) is 0 Å². The molecule has 3 N–H and O–H groups in total. The predicted molar refractivity (Wildman–Crippen MR) is 161 cm³/mol. The fourth-order valence-corrected chi connectivity index (χ4v) is 9.06. The lowest BCUT2D eigenvalue weighted by atomic mass is 9.45. The van der Waals surface area contributed by atoms with Crippen molar-refractivity contribution in [2.45, 2.75) is 109 Å². The van der Waals surface area contributed by atoms with Gasteiger partial charge in [0.05, 0.1) is 41.6 Å². The van der Waals surface area contributed by atoms with Crippen molar-refractivity contribution in [3.63, 3.8) is 0 Å². The molecular weight excluding hydrogens is 596 g/mol. The molecule has 0 spiro atoms. The van der Waals surface area contributed by atoms with Crippen molar-refractivity contribution in [1.29, 1.82) is 0 Å². The van der Waals surface area contributed by atoms with Crippen LogP contribution in [0.3, 0.4) is 0 Å². The summed E-state index contributed by atoms with van der Waals surface area (Å²) in [5.74, 6) is -5.73. The molecule has 2 unspecified atom stereocenters. The number of hydrogen-bond acceptors (Lipinski definition) is 11. The highest BCUT2D eigenvalue weighted by molar-refractivity contribution is 6.02. The number of aliphatic hydroxyl groups excluding tert-OH is 2. The Morgan fingerprint density at radius 1 is 1.02 bits per heavy atom. The summed E-state index contributed by atoms with van der Waals surface area (Å²) in [5, 5.41) is 36.4. The van der Waals surface area contributed by atoms with Gasteiger partial charge >= 0.3 is 17.9 Å². The van der Waals surface area contributed by atoms with Crippen LogP contribution >= 0.6 is 0 Å². The van der Waals surface area contributed by atoms with E-state index in [-0.39, 0.29) is 42.3 Å². The third-order valence-electron chi connectivity index (χ3n) is 11.8. The van der Waals surface area contributed by atoms with E-state index in [0.29, 0.717) is 12.8 Å². The Labute approximate surface area is 268 Å². The first-order chi connectivity index (χ1) is 21.6. The van der Waals surface area contributed by atoms with Gasteiger partial charge in [0.15, 0.2) is 11.4 Å². The lowest BCUT2D eigenvalue weighted by molar-refractivity contribution is -0.346. The van der Waals surface area contributed by atoms with E-state index in [4.69, 9.17) is 18.9 Å². The Balaban J connectivity index is 1.63. The first kappa shape index (κ1) is 32.8. The van der Waals surface area contributed by atoms with E-state index >= 15 is 4.79 Å². The second-order valence-electron chi connectivity index (χ2n) is 14.6. The SMILES string of the molecule is CC(=O)OC1=C2C(C)[C@@H](O)C[C@@](O)([C@@H](OC(=O)c3ccccc3)C3[C@](C)(C1=O)[C@@H](O)C[C@H]1OC[C@@]31OC(=O)C1CCCC1)C2(C)C. The number of ether oxygens (including phenoxy) is 4. The molecule has 1 aromatic carbocycles. The summed E-state index contributed by atoms with van der Waals surface area (Å²) >= 11 is 0. The van der Waals surface area contributed by atoms with Gasteiger partial charge in [-0.3, -0.25) is 14.4 Å². The molecule has 4 fully saturated rings. The molecule has 3 saturated carbocycles. The molecule has 11 nitrogen and oxygen atoms in total. The average Bonchev–Trinajstić information content (AvgIpc) is 3.55. The highest BCUT2D eigenvalue weighted by Gasteiger charge is 2.78. The zero-order valence-corrected chi connectivity index (χ0v) is 27.0. The molecule has 1 heterocycles. The molecule has 6 rings (SSSR count). The van der Waals surface area contributed by atoms with E-state index in [1.165, 1.54) is 6.92 Å². The van der Waals surface area contributed by atoms with Crippen LogP contribution in [-0.4, -0.2) is 81.2 Å². The molecule has 1 saturated heterocycles. The first-order valence-corrected chi connectivity index (χ1v) is 16.3. The van der Waals surface area contributed by atoms with Crippen molar-refractivity contribution in [1.82, 2.24) is 0 Å². The summed E-state index contributed by atoms with van der Waals surface area (Å²) in [6.07, 6.45) is -2.54. The quantitative estimate of drug-likeness (QED) is 0.320. The number of aliphatic hydroxyl groups is 3. The van der Waals surface area contributed by atoms with Gasteiger partial charge in [0.2, 0.25) is 5.78 Å². The molecular formula is C35H44O11. The lowest BCUT2D eigenvalue weighted by Gasteiger charge is -2.67. The Bertz CT molecular complexity index is 1460. The minimum Gasteiger partial charge on any atom is -0.455 e. The van der Waals surface area contributed by atoms with Crippen LogP contribution < -0.4 is 0 Å². The average molecular weight is 641 g/mol. The van der Waals surface area contributed by atoms with Crippen LogP contribution in [0.5, 0.6) is 0 Å². The number of carbonyl (C=O) groups excluding carboxylic acids is 4. The molecule has 0 radical (unpaired) electrons. The van der Waals surface area contributed by atoms with Gasteiger partial charge in [0.1, 0.15) is 17.8 Å². The largest absolute Gasteiger partial charge is 0.455 e. The van der Waals surface area contributed by atoms with Gasteiger partial charge in [-0.05, 0) is 37.5 Å². The Morgan fingerprint density at radius 2 is 1.67 bits per heavy atom. The van der Waals surface area contributed by atoms with Crippen LogP contribution in [0.4, 0.5) is 0 Å². The van der Waals surface area contributed by atoms with Crippen molar-refractivity contribution >= 4 is 23.7 Å². The number of hydrogen-bond donors (Lipinski definition) is 3. The third kappa shape index (κ3) is 4.60. The van der Waals surface area contributed by atoms with E-state index in [1.54, 1.807) is 51.1 Å². The van der Waals surface area contributed by atoms with Crippen LogP contribution in [0.1, 0.15) is 83.5 Å². The minimum atomic E-state index is -2.11. The highest BCUT2D eigenvalue weighted by Crippen LogP contribution is 2.64. The van der Waals surface area contributed by atoms with Gasteiger partial charge in [-0.1, -0.05) is 51.8 Å². The van der Waals surface area contributed by atoms with E-state index in [9.17, 15) is 29.7 Å². The van der Waals surface area contributed by atoms with Gasteiger partial charge in [0.25, 0.3) is 0 Å². The number of ketones is 1. The number of esters is 3. The summed E-state index contributed by atoms with van der Waals surface area (Å²) in [6.45, 7) is 7.42. The molecule has 9 atom stereocenters. The molecule has 1 aliphatic heterocycles. The van der Waals surface area contributed by atoms with Crippen molar-refractivity contribution in [3.8, 4) is 0 Å². The molecule has 250 valence electrons. The molecule has 4 aliphatic carbocycles. The van der Waals surface area contributed by atoms with E-state index in [2.05, 4.69) is 0 Å². The monoisotopic (exact) mass is 640 g/mol. The maximum absolute atomic E-state index is 15.0. The van der Waals surface area contributed by atoms with Crippen LogP contribution in [0, 0.1) is 28.6 Å². The Kier molecular flexibility index (Phi) is 8.02. The van der Waals surface area contributed by atoms with Crippen molar-refractivity contribution < 1.29 is 53.4 Å². The number of Topliss-reactive ketones (excluding diaryl/α,β-unsaturated/α-hetero) is 1. The van der Waals surface area contributed by atoms with Gasteiger partial charge in [0, 0.05) is 31.1 Å². The van der Waals surface area contributed by atoms with Gasteiger partial charge in [-0.15, -0.1) is 0 Å². The summed E-state index contributed by atoms with van der Waals surface area (Å²) in [6, 6.07) is 8.15. The Morgan fingerprint density at radius 3 is 2.26 bits per heavy atom. The standard InChI is InChI=1S/C35H44O11/c1-18-22(37)16-35(42)29(45-30(40)20-11-7-6-8-12-20)27-33(5,28(39)26(44-19(2)36)25(18)32(35,3)4)23(38)15-24-34(27,17-43-24)46-31(41)21-13-9-10-14-21/h6-8,11-12,18,21-24,27,29,37-38,42H,9-10,13-17H2,1-5H3/t18?,22-,23-,24+,27?,29-,33+,34-,35+/m0/s1. The predicted octanol–water partition coefficient (Wildman–Crippen LogP) is 3.03. The molecule has 1 aromatic rings. The Hall–Kier alpha value is -3.12. The number of fused-ring (bicyclic) bond motifs is 5. The van der Waals surface area contributed by atoms with Gasteiger partial charge in [-0.25, -0.2) is 4.79 Å². The number of carbonyl (C=O) groups is 4. The van der Waals surface area contributed by atoms with E-state index in [1.807, 2.05) is 0 Å². The van der Waals surface area contributed by atoms with Crippen LogP contribution in [0.2, 0.25) is 0 Å². The highest BCUT2D eigenvalue weighted by atomic mass is 16.6. The normalized spacial score (nSPS) is 40.0. The maximum atomic E-state index is 15.0. The molecule has 2 bridgehead atoms. The smallest absolute Gasteiger partial charge is 0.338 e. The van der Waals surface area contributed by atoms with Crippen LogP contribution in [-0.2, 0) is 33.3 Å². The van der Waals surface area contributed by atoms with Crippen molar-refractivity contribution in [2.24, 2.45) is 28.6 Å². The molecule has 0 amide bonds.